The number of nitrogens with zero attached hydrogens (tertiary/aromatic N) is 2. The predicted molar refractivity (Wildman–Crippen MR) is 74.4 cm³/mol. The Bertz CT molecular complexity index is 411. The zero-order chi connectivity index (χ0) is 13.8. The molecular formula is C15H23FN2O. The second-order valence-electron chi connectivity index (χ2n) is 5.56. The van der Waals surface area contributed by atoms with Gasteiger partial charge in [-0.2, -0.15) is 0 Å². The highest BCUT2D eigenvalue weighted by Gasteiger charge is 2.24. The third kappa shape index (κ3) is 4.27. The predicted octanol–water partition coefficient (Wildman–Crippen LogP) is 1.71. The third-order valence-electron chi connectivity index (χ3n) is 3.64. The summed E-state index contributed by atoms with van der Waals surface area (Å²) in [5.41, 5.74) is 1.02. The number of rotatable bonds is 4. The van der Waals surface area contributed by atoms with Crippen LogP contribution in [-0.2, 0) is 6.54 Å². The highest BCUT2D eigenvalue weighted by molar-refractivity contribution is 5.16. The van der Waals surface area contributed by atoms with Gasteiger partial charge in [0.2, 0.25) is 0 Å². The maximum Gasteiger partial charge on any atom is 0.123 e. The normalized spacial score (nSPS) is 23.5. The number of β-amino-alcohol motifs (C(OH)–C–C–N with tert-alkyl or cyclic N) is 1. The molecule has 2 rings (SSSR count). The summed E-state index contributed by atoms with van der Waals surface area (Å²) in [6.07, 6.45) is -0.280. The fraction of sp³-hybridized carbons (Fsp3) is 0.600. The molecule has 0 aliphatic carbocycles. The van der Waals surface area contributed by atoms with Crippen LogP contribution in [0.4, 0.5) is 4.39 Å². The van der Waals surface area contributed by atoms with Crippen LogP contribution in [0.2, 0.25) is 0 Å². The maximum atomic E-state index is 13.1. The van der Waals surface area contributed by atoms with E-state index in [2.05, 4.69) is 16.7 Å². The van der Waals surface area contributed by atoms with Gasteiger partial charge in [-0.3, -0.25) is 9.80 Å². The Morgan fingerprint density at radius 1 is 1.42 bits per heavy atom. The Hall–Kier alpha value is -0.970. The van der Waals surface area contributed by atoms with E-state index >= 15 is 0 Å². The van der Waals surface area contributed by atoms with Crippen LogP contribution < -0.4 is 0 Å². The number of hydrogen-bond acceptors (Lipinski definition) is 3. The van der Waals surface area contributed by atoms with Crippen LogP contribution >= 0.6 is 0 Å². The van der Waals surface area contributed by atoms with Crippen molar-refractivity contribution in [3.8, 4) is 0 Å². The molecule has 0 saturated carbocycles. The smallest absolute Gasteiger partial charge is 0.123 e. The Morgan fingerprint density at radius 3 is 2.84 bits per heavy atom. The average Bonchev–Trinajstić information content (AvgIpc) is 2.32. The summed E-state index contributed by atoms with van der Waals surface area (Å²) >= 11 is 0. The number of benzene rings is 1. The SMILES string of the molecule is CC(O)CN1CCN(Cc2cccc(F)c2)CC1C. The van der Waals surface area contributed by atoms with E-state index in [1.165, 1.54) is 6.07 Å². The Kier molecular flexibility index (Phi) is 4.91. The van der Waals surface area contributed by atoms with Crippen molar-refractivity contribution in [2.75, 3.05) is 26.2 Å². The summed E-state index contributed by atoms with van der Waals surface area (Å²) in [6, 6.07) is 7.24. The van der Waals surface area contributed by atoms with Crippen molar-refractivity contribution in [1.82, 2.24) is 9.80 Å². The summed E-state index contributed by atoms with van der Waals surface area (Å²) in [6.45, 7) is 8.42. The van der Waals surface area contributed by atoms with Crippen molar-refractivity contribution < 1.29 is 9.50 Å². The average molecular weight is 266 g/mol. The molecule has 2 unspecified atom stereocenters. The fourth-order valence-electron chi connectivity index (χ4n) is 2.72. The number of hydrogen-bond donors (Lipinski definition) is 1. The lowest BCUT2D eigenvalue weighted by Gasteiger charge is -2.40. The van der Waals surface area contributed by atoms with Gasteiger partial charge >= 0.3 is 0 Å². The summed E-state index contributed by atoms with van der Waals surface area (Å²) in [5, 5.41) is 9.46. The second kappa shape index (κ2) is 6.46. The van der Waals surface area contributed by atoms with Crippen molar-refractivity contribution in [2.24, 2.45) is 0 Å². The van der Waals surface area contributed by atoms with Gasteiger partial charge in [0.1, 0.15) is 5.82 Å². The molecule has 1 fully saturated rings. The Balaban J connectivity index is 1.88. The van der Waals surface area contributed by atoms with Gasteiger partial charge in [-0.1, -0.05) is 12.1 Å². The summed E-state index contributed by atoms with van der Waals surface area (Å²) < 4.78 is 13.1. The molecule has 1 aliphatic heterocycles. The Morgan fingerprint density at radius 2 is 2.21 bits per heavy atom. The first-order valence-corrected chi connectivity index (χ1v) is 6.93. The number of piperazine rings is 1. The minimum atomic E-state index is -0.280. The van der Waals surface area contributed by atoms with Crippen molar-refractivity contribution in [3.63, 3.8) is 0 Å². The lowest BCUT2D eigenvalue weighted by atomic mass is 10.1. The first-order chi connectivity index (χ1) is 9.04. The van der Waals surface area contributed by atoms with Crippen LogP contribution in [-0.4, -0.2) is 53.2 Å². The molecule has 2 atom stereocenters. The zero-order valence-electron chi connectivity index (χ0n) is 11.7. The van der Waals surface area contributed by atoms with Gasteiger partial charge in [-0.15, -0.1) is 0 Å². The van der Waals surface area contributed by atoms with Gasteiger partial charge in [0.25, 0.3) is 0 Å². The summed E-state index contributed by atoms with van der Waals surface area (Å²) in [5.74, 6) is -0.168. The molecule has 0 amide bonds. The molecule has 0 radical (unpaired) electrons. The van der Waals surface area contributed by atoms with Crippen molar-refractivity contribution in [1.29, 1.82) is 0 Å². The molecule has 0 bridgehead atoms. The molecule has 3 nitrogen and oxygen atoms in total. The molecule has 1 aromatic rings. The molecule has 1 aromatic carbocycles. The Labute approximate surface area is 114 Å². The van der Waals surface area contributed by atoms with E-state index in [0.717, 1.165) is 38.3 Å². The van der Waals surface area contributed by atoms with Crippen LogP contribution in [0.3, 0.4) is 0 Å². The van der Waals surface area contributed by atoms with E-state index in [4.69, 9.17) is 0 Å². The van der Waals surface area contributed by atoms with E-state index < -0.39 is 0 Å². The highest BCUT2D eigenvalue weighted by atomic mass is 19.1. The van der Waals surface area contributed by atoms with Crippen molar-refractivity contribution in [2.45, 2.75) is 32.5 Å². The first kappa shape index (κ1) is 14.4. The van der Waals surface area contributed by atoms with E-state index in [0.29, 0.717) is 6.04 Å². The van der Waals surface area contributed by atoms with E-state index in [1.54, 1.807) is 12.1 Å². The molecule has 19 heavy (non-hydrogen) atoms. The maximum absolute atomic E-state index is 13.1. The van der Waals surface area contributed by atoms with Crippen LogP contribution in [0.5, 0.6) is 0 Å². The third-order valence-corrected chi connectivity index (χ3v) is 3.64. The van der Waals surface area contributed by atoms with Gasteiger partial charge in [0, 0.05) is 38.8 Å². The van der Waals surface area contributed by atoms with Crippen LogP contribution in [0.15, 0.2) is 24.3 Å². The molecular weight excluding hydrogens is 243 g/mol. The van der Waals surface area contributed by atoms with Crippen molar-refractivity contribution >= 4 is 0 Å². The lowest BCUT2D eigenvalue weighted by Crippen LogP contribution is -2.53. The van der Waals surface area contributed by atoms with Crippen LogP contribution in [0, 0.1) is 5.82 Å². The largest absolute Gasteiger partial charge is 0.392 e. The minimum Gasteiger partial charge on any atom is -0.392 e. The summed E-state index contributed by atoms with van der Waals surface area (Å²) in [7, 11) is 0. The van der Waals surface area contributed by atoms with Gasteiger partial charge in [-0.05, 0) is 31.5 Å². The molecule has 1 N–H and O–H groups in total. The molecule has 1 saturated heterocycles. The van der Waals surface area contributed by atoms with Crippen molar-refractivity contribution in [3.05, 3.63) is 35.6 Å². The van der Waals surface area contributed by atoms with Gasteiger partial charge in [0.05, 0.1) is 6.10 Å². The lowest BCUT2D eigenvalue weighted by molar-refractivity contribution is 0.0422. The molecule has 106 valence electrons. The number of halogens is 1. The monoisotopic (exact) mass is 266 g/mol. The van der Waals surface area contributed by atoms with Gasteiger partial charge in [0.15, 0.2) is 0 Å². The number of aliphatic hydroxyl groups is 1. The number of aliphatic hydroxyl groups excluding tert-OH is 1. The molecule has 0 spiro atoms. The van der Waals surface area contributed by atoms with E-state index in [1.807, 2.05) is 13.0 Å². The van der Waals surface area contributed by atoms with E-state index in [-0.39, 0.29) is 11.9 Å². The second-order valence-corrected chi connectivity index (χ2v) is 5.56. The standard InChI is InChI=1S/C15H23FN2O/c1-12-9-17(6-7-18(12)10-13(2)19)11-14-4-3-5-15(16)8-14/h3-5,8,12-13,19H,6-7,9-11H2,1-2H3. The topological polar surface area (TPSA) is 26.7 Å². The molecule has 1 heterocycles. The van der Waals surface area contributed by atoms with E-state index in [9.17, 15) is 9.50 Å². The first-order valence-electron chi connectivity index (χ1n) is 6.93. The van der Waals surface area contributed by atoms with Crippen LogP contribution in [0.25, 0.3) is 0 Å². The summed E-state index contributed by atoms with van der Waals surface area (Å²) in [4.78, 5) is 4.66. The quantitative estimate of drug-likeness (QED) is 0.899. The van der Waals surface area contributed by atoms with Gasteiger partial charge < -0.3 is 5.11 Å². The minimum absolute atomic E-state index is 0.168. The van der Waals surface area contributed by atoms with Gasteiger partial charge in [-0.25, -0.2) is 4.39 Å². The highest BCUT2D eigenvalue weighted by Crippen LogP contribution is 2.14. The molecule has 1 aliphatic rings. The van der Waals surface area contributed by atoms with Crippen LogP contribution in [0.1, 0.15) is 19.4 Å². The molecule has 4 heteroatoms. The fourth-order valence-corrected chi connectivity index (χ4v) is 2.72. The molecule has 0 aromatic heterocycles. The zero-order valence-corrected chi connectivity index (χ0v) is 11.7.